The molecule has 1 fully saturated rings. The van der Waals surface area contributed by atoms with Crippen molar-refractivity contribution >= 4 is 17.7 Å². The smallest absolute Gasteiger partial charge is 0.253 e. The van der Waals surface area contributed by atoms with Gasteiger partial charge in [-0.15, -0.1) is 11.8 Å². The van der Waals surface area contributed by atoms with Gasteiger partial charge in [0, 0.05) is 49.2 Å². The molecule has 1 aliphatic heterocycles. The molecular formula is C22H28N2O4S. The number of nitrogens with zero attached hydrogens (tertiary/aromatic N) is 2. The normalized spacial score (nSPS) is 14.5. The Morgan fingerprint density at radius 1 is 0.966 bits per heavy atom. The average molecular weight is 417 g/mol. The van der Waals surface area contributed by atoms with Gasteiger partial charge >= 0.3 is 0 Å². The second-order valence-corrected chi connectivity index (χ2v) is 7.61. The Kier molecular flexibility index (Phi) is 7.66. The molecule has 3 rings (SSSR count). The van der Waals surface area contributed by atoms with E-state index in [4.69, 9.17) is 14.2 Å². The molecule has 0 N–H and O–H groups in total. The molecular weight excluding hydrogens is 388 g/mol. The summed E-state index contributed by atoms with van der Waals surface area (Å²) in [6.45, 7) is 4.57. The van der Waals surface area contributed by atoms with Gasteiger partial charge in [0.2, 0.25) is 0 Å². The molecule has 1 aliphatic rings. The molecule has 156 valence electrons. The quantitative estimate of drug-likeness (QED) is 0.616. The van der Waals surface area contributed by atoms with Crippen molar-refractivity contribution in [3.05, 3.63) is 48.0 Å². The maximum Gasteiger partial charge on any atom is 0.253 e. The Balaban J connectivity index is 1.43. The van der Waals surface area contributed by atoms with Crippen LogP contribution in [0, 0.1) is 0 Å². The Hall–Kier alpha value is -2.38. The molecule has 1 amide bonds. The van der Waals surface area contributed by atoms with Crippen molar-refractivity contribution in [2.24, 2.45) is 0 Å². The van der Waals surface area contributed by atoms with Gasteiger partial charge in [0.05, 0.1) is 14.2 Å². The zero-order valence-corrected chi connectivity index (χ0v) is 18.0. The van der Waals surface area contributed by atoms with Gasteiger partial charge in [0.25, 0.3) is 5.91 Å². The molecule has 1 heterocycles. The predicted molar refractivity (Wildman–Crippen MR) is 116 cm³/mol. The van der Waals surface area contributed by atoms with E-state index in [9.17, 15) is 4.79 Å². The maximum absolute atomic E-state index is 12.7. The number of thioether (sulfide) groups is 1. The summed E-state index contributed by atoms with van der Waals surface area (Å²) in [6, 6.07) is 13.4. The molecule has 0 spiro atoms. The lowest BCUT2D eigenvalue weighted by Gasteiger charge is -2.34. The summed E-state index contributed by atoms with van der Waals surface area (Å²) in [5, 5.41) is 0. The topological polar surface area (TPSA) is 51.2 Å². The largest absolute Gasteiger partial charge is 0.493 e. The van der Waals surface area contributed by atoms with Gasteiger partial charge in [-0.05, 0) is 42.7 Å². The number of methoxy groups -OCH3 is 2. The molecule has 0 unspecified atom stereocenters. The standard InChI is InChI=1S/C22H28N2O4S/c1-26-20-9-6-18(16-21(20)27-2)28-15-14-23-10-12-24(13-11-23)22(25)17-4-7-19(29-3)8-5-17/h4-9,16H,10-15H2,1-3H3. The highest BCUT2D eigenvalue weighted by atomic mass is 32.2. The van der Waals surface area contributed by atoms with E-state index < -0.39 is 0 Å². The summed E-state index contributed by atoms with van der Waals surface area (Å²) in [6.07, 6.45) is 2.03. The summed E-state index contributed by atoms with van der Waals surface area (Å²) in [5.41, 5.74) is 0.757. The van der Waals surface area contributed by atoms with Crippen LogP contribution < -0.4 is 14.2 Å². The minimum Gasteiger partial charge on any atom is -0.493 e. The van der Waals surface area contributed by atoms with Gasteiger partial charge in [-0.1, -0.05) is 0 Å². The highest BCUT2D eigenvalue weighted by molar-refractivity contribution is 7.98. The fraction of sp³-hybridized carbons (Fsp3) is 0.409. The minimum absolute atomic E-state index is 0.110. The van der Waals surface area contributed by atoms with Crippen LogP contribution in [-0.2, 0) is 0 Å². The number of amides is 1. The molecule has 6 nitrogen and oxygen atoms in total. The monoisotopic (exact) mass is 416 g/mol. The highest BCUT2D eigenvalue weighted by Gasteiger charge is 2.22. The Bertz CT molecular complexity index is 805. The second kappa shape index (κ2) is 10.4. The molecule has 0 aliphatic carbocycles. The van der Waals surface area contributed by atoms with E-state index in [1.165, 1.54) is 4.90 Å². The zero-order chi connectivity index (χ0) is 20.6. The molecule has 0 saturated carbocycles. The molecule has 0 bridgehead atoms. The average Bonchev–Trinajstić information content (AvgIpc) is 2.79. The fourth-order valence-corrected chi connectivity index (χ4v) is 3.70. The Morgan fingerprint density at radius 3 is 2.28 bits per heavy atom. The number of hydrogen-bond donors (Lipinski definition) is 0. The minimum atomic E-state index is 0.110. The van der Waals surface area contributed by atoms with Crippen molar-refractivity contribution in [1.82, 2.24) is 9.80 Å². The van der Waals surface area contributed by atoms with Gasteiger partial charge in [-0.2, -0.15) is 0 Å². The van der Waals surface area contributed by atoms with Crippen LogP contribution in [-0.4, -0.2) is 75.5 Å². The number of rotatable bonds is 8. The second-order valence-electron chi connectivity index (χ2n) is 6.73. The molecule has 0 aromatic heterocycles. The van der Waals surface area contributed by atoms with E-state index in [0.29, 0.717) is 18.1 Å². The fourth-order valence-electron chi connectivity index (χ4n) is 3.29. The lowest BCUT2D eigenvalue weighted by atomic mass is 10.2. The molecule has 0 atom stereocenters. The van der Waals surface area contributed by atoms with Crippen LogP contribution >= 0.6 is 11.8 Å². The van der Waals surface area contributed by atoms with Gasteiger partial charge in [-0.25, -0.2) is 0 Å². The number of carbonyl (C=O) groups is 1. The third-order valence-corrected chi connectivity index (χ3v) is 5.77. The summed E-state index contributed by atoms with van der Waals surface area (Å²) in [5.74, 6) is 2.20. The number of benzene rings is 2. The molecule has 7 heteroatoms. The van der Waals surface area contributed by atoms with Crippen LogP contribution in [0.25, 0.3) is 0 Å². The van der Waals surface area contributed by atoms with E-state index in [0.717, 1.165) is 44.0 Å². The van der Waals surface area contributed by atoms with Crippen LogP contribution in [0.1, 0.15) is 10.4 Å². The van der Waals surface area contributed by atoms with Gasteiger partial charge in [-0.3, -0.25) is 9.69 Å². The maximum atomic E-state index is 12.7. The van der Waals surface area contributed by atoms with Gasteiger partial charge < -0.3 is 19.1 Å². The predicted octanol–water partition coefficient (Wildman–Crippen LogP) is 3.26. The molecule has 2 aromatic rings. The lowest BCUT2D eigenvalue weighted by molar-refractivity contribution is 0.0620. The molecule has 0 radical (unpaired) electrons. The lowest BCUT2D eigenvalue weighted by Crippen LogP contribution is -2.49. The van der Waals surface area contributed by atoms with Crippen LogP contribution in [0.3, 0.4) is 0 Å². The van der Waals surface area contributed by atoms with E-state index in [-0.39, 0.29) is 5.91 Å². The summed E-state index contributed by atoms with van der Waals surface area (Å²) in [4.78, 5) is 18.1. The van der Waals surface area contributed by atoms with Crippen molar-refractivity contribution in [3.63, 3.8) is 0 Å². The highest BCUT2D eigenvalue weighted by Crippen LogP contribution is 2.30. The van der Waals surface area contributed by atoms with E-state index >= 15 is 0 Å². The first-order chi connectivity index (χ1) is 14.1. The third-order valence-electron chi connectivity index (χ3n) is 5.03. The van der Waals surface area contributed by atoms with Crippen molar-refractivity contribution in [1.29, 1.82) is 0 Å². The van der Waals surface area contributed by atoms with Crippen molar-refractivity contribution in [3.8, 4) is 17.2 Å². The third kappa shape index (κ3) is 5.58. The SMILES string of the molecule is COc1ccc(OCCN2CCN(C(=O)c3ccc(SC)cc3)CC2)cc1OC. The molecule has 1 saturated heterocycles. The zero-order valence-electron chi connectivity index (χ0n) is 17.2. The summed E-state index contributed by atoms with van der Waals surface area (Å²) >= 11 is 1.68. The van der Waals surface area contributed by atoms with Crippen LogP contribution in [0.5, 0.6) is 17.2 Å². The van der Waals surface area contributed by atoms with Crippen LogP contribution in [0.2, 0.25) is 0 Å². The van der Waals surface area contributed by atoms with E-state index in [2.05, 4.69) is 4.90 Å². The summed E-state index contributed by atoms with van der Waals surface area (Å²) < 4.78 is 16.4. The van der Waals surface area contributed by atoms with Crippen molar-refractivity contribution < 1.29 is 19.0 Å². The first kappa shape index (κ1) is 21.3. The van der Waals surface area contributed by atoms with Crippen LogP contribution in [0.15, 0.2) is 47.4 Å². The van der Waals surface area contributed by atoms with Crippen molar-refractivity contribution in [2.75, 3.05) is 59.8 Å². The number of hydrogen-bond acceptors (Lipinski definition) is 6. The first-order valence-corrected chi connectivity index (χ1v) is 10.9. The molecule has 2 aromatic carbocycles. The number of ether oxygens (including phenoxy) is 3. The van der Waals surface area contributed by atoms with Gasteiger partial charge in [0.1, 0.15) is 12.4 Å². The van der Waals surface area contributed by atoms with E-state index in [1.54, 1.807) is 26.0 Å². The first-order valence-electron chi connectivity index (χ1n) is 9.65. The Labute approximate surface area is 176 Å². The van der Waals surface area contributed by atoms with Crippen LogP contribution in [0.4, 0.5) is 0 Å². The number of piperazine rings is 1. The molecule has 29 heavy (non-hydrogen) atoms. The van der Waals surface area contributed by atoms with Gasteiger partial charge in [0.15, 0.2) is 11.5 Å². The van der Waals surface area contributed by atoms with Crippen molar-refractivity contribution in [2.45, 2.75) is 4.90 Å². The Morgan fingerprint density at radius 2 is 1.66 bits per heavy atom. The summed E-state index contributed by atoms with van der Waals surface area (Å²) in [7, 11) is 3.22. The van der Waals surface area contributed by atoms with E-state index in [1.807, 2.05) is 53.6 Å². The number of carbonyl (C=O) groups excluding carboxylic acids is 1.